The largest absolute Gasteiger partial charge is 0.354 e. The van der Waals surface area contributed by atoms with Gasteiger partial charge in [-0.1, -0.05) is 35.3 Å². The highest BCUT2D eigenvalue weighted by Gasteiger charge is 2.21. The predicted molar refractivity (Wildman–Crippen MR) is 70.6 cm³/mol. The first-order valence-corrected chi connectivity index (χ1v) is 6.19. The molecule has 17 heavy (non-hydrogen) atoms. The minimum Gasteiger partial charge on any atom is -0.354 e. The van der Waals surface area contributed by atoms with Crippen LogP contribution in [0.25, 0.3) is 0 Å². The first-order chi connectivity index (χ1) is 7.97. The summed E-state index contributed by atoms with van der Waals surface area (Å²) in [5, 5.41) is 3.75. The molecule has 5 heteroatoms. The standard InChI is InChI=1S/C12H16Cl2N2O/c1-8(12(17)15-2)16(3)7-9-5-4-6-10(13)11(9)14/h4-6,8H,7H2,1-3H3,(H,15,17)/p+1/t8-/m0/s1. The Labute approximate surface area is 112 Å². The number of hydrogen-bond acceptors (Lipinski definition) is 1. The van der Waals surface area contributed by atoms with Gasteiger partial charge >= 0.3 is 0 Å². The van der Waals surface area contributed by atoms with E-state index in [4.69, 9.17) is 23.2 Å². The Balaban J connectivity index is 2.77. The minimum absolute atomic E-state index is 0.0145. The second-order valence-electron chi connectivity index (χ2n) is 4.07. The van der Waals surface area contributed by atoms with Crippen molar-refractivity contribution in [1.29, 1.82) is 0 Å². The Morgan fingerprint density at radius 2 is 2.12 bits per heavy atom. The molecule has 1 aromatic rings. The van der Waals surface area contributed by atoms with E-state index in [1.807, 2.05) is 26.1 Å². The summed E-state index contributed by atoms with van der Waals surface area (Å²) in [5.41, 5.74) is 0.951. The summed E-state index contributed by atoms with van der Waals surface area (Å²) in [6.07, 6.45) is 0. The maximum atomic E-state index is 11.5. The van der Waals surface area contributed by atoms with Crippen molar-refractivity contribution in [3.63, 3.8) is 0 Å². The summed E-state index contributed by atoms with van der Waals surface area (Å²) < 4.78 is 0. The summed E-state index contributed by atoms with van der Waals surface area (Å²) in [4.78, 5) is 12.6. The summed E-state index contributed by atoms with van der Waals surface area (Å²) >= 11 is 12.1. The maximum absolute atomic E-state index is 11.5. The Bertz CT molecular complexity index is 409. The van der Waals surface area contributed by atoms with E-state index in [1.54, 1.807) is 13.1 Å². The van der Waals surface area contributed by atoms with Crippen LogP contribution < -0.4 is 10.2 Å². The lowest BCUT2D eigenvalue weighted by molar-refractivity contribution is -0.908. The van der Waals surface area contributed by atoms with Crippen molar-refractivity contribution in [2.75, 3.05) is 14.1 Å². The van der Waals surface area contributed by atoms with E-state index in [0.717, 1.165) is 10.5 Å². The minimum atomic E-state index is -0.130. The van der Waals surface area contributed by atoms with Crippen LogP contribution in [0.2, 0.25) is 10.0 Å². The fraction of sp³-hybridized carbons (Fsp3) is 0.417. The molecule has 0 aliphatic rings. The Morgan fingerprint density at radius 1 is 1.47 bits per heavy atom. The van der Waals surface area contributed by atoms with E-state index in [2.05, 4.69) is 5.32 Å². The van der Waals surface area contributed by atoms with Gasteiger partial charge in [-0.25, -0.2) is 0 Å². The van der Waals surface area contributed by atoms with Gasteiger partial charge in [0.25, 0.3) is 5.91 Å². The van der Waals surface area contributed by atoms with Crippen molar-refractivity contribution in [1.82, 2.24) is 5.32 Å². The zero-order valence-electron chi connectivity index (χ0n) is 10.2. The van der Waals surface area contributed by atoms with Gasteiger partial charge in [-0.05, 0) is 13.0 Å². The summed E-state index contributed by atoms with van der Waals surface area (Å²) in [6.45, 7) is 2.54. The van der Waals surface area contributed by atoms with Crippen LogP contribution in [0.5, 0.6) is 0 Å². The number of amides is 1. The molecule has 0 saturated heterocycles. The van der Waals surface area contributed by atoms with E-state index < -0.39 is 0 Å². The van der Waals surface area contributed by atoms with Crippen LogP contribution in [0.1, 0.15) is 12.5 Å². The zero-order valence-corrected chi connectivity index (χ0v) is 11.7. The van der Waals surface area contributed by atoms with Crippen LogP contribution in [0.3, 0.4) is 0 Å². The lowest BCUT2D eigenvalue weighted by atomic mass is 10.2. The average Bonchev–Trinajstić information content (AvgIpc) is 2.32. The molecule has 0 radical (unpaired) electrons. The molecule has 0 aliphatic heterocycles. The Hall–Kier alpha value is -0.770. The van der Waals surface area contributed by atoms with E-state index in [-0.39, 0.29) is 11.9 Å². The lowest BCUT2D eigenvalue weighted by Crippen LogP contribution is -3.12. The second kappa shape index (κ2) is 6.24. The number of carbonyl (C=O) groups excluding carboxylic acids is 1. The van der Waals surface area contributed by atoms with Gasteiger partial charge in [0.2, 0.25) is 0 Å². The highest BCUT2D eigenvalue weighted by atomic mass is 35.5. The number of quaternary nitrogens is 1. The molecule has 0 aliphatic carbocycles. The first-order valence-electron chi connectivity index (χ1n) is 5.44. The van der Waals surface area contributed by atoms with Gasteiger partial charge in [0.15, 0.2) is 6.04 Å². The molecule has 94 valence electrons. The lowest BCUT2D eigenvalue weighted by Gasteiger charge is -2.20. The normalized spacial score (nSPS) is 14.2. The van der Waals surface area contributed by atoms with Crippen LogP contribution in [0.4, 0.5) is 0 Å². The Kier molecular flexibility index (Phi) is 5.25. The van der Waals surface area contributed by atoms with Crippen molar-refractivity contribution in [2.45, 2.75) is 19.5 Å². The fourth-order valence-electron chi connectivity index (χ4n) is 1.58. The molecule has 1 rings (SSSR count). The van der Waals surface area contributed by atoms with Crippen molar-refractivity contribution in [3.05, 3.63) is 33.8 Å². The second-order valence-corrected chi connectivity index (χ2v) is 4.86. The van der Waals surface area contributed by atoms with Crippen molar-refractivity contribution in [3.8, 4) is 0 Å². The van der Waals surface area contributed by atoms with Gasteiger partial charge in [0.1, 0.15) is 6.54 Å². The van der Waals surface area contributed by atoms with E-state index >= 15 is 0 Å². The number of hydrogen-bond donors (Lipinski definition) is 2. The first kappa shape index (κ1) is 14.3. The zero-order chi connectivity index (χ0) is 13.0. The van der Waals surface area contributed by atoms with Crippen molar-refractivity contribution in [2.24, 2.45) is 0 Å². The number of halogens is 2. The highest BCUT2D eigenvalue weighted by Crippen LogP contribution is 2.24. The van der Waals surface area contributed by atoms with Gasteiger partial charge in [-0.3, -0.25) is 4.79 Å². The quantitative estimate of drug-likeness (QED) is 0.849. The summed E-state index contributed by atoms with van der Waals surface area (Å²) in [5.74, 6) is 0.0145. The Morgan fingerprint density at radius 3 is 2.71 bits per heavy atom. The van der Waals surface area contributed by atoms with Crippen LogP contribution >= 0.6 is 23.2 Å². The molecule has 1 amide bonds. The summed E-state index contributed by atoms with van der Waals surface area (Å²) in [7, 11) is 3.59. The topological polar surface area (TPSA) is 33.5 Å². The van der Waals surface area contributed by atoms with Gasteiger partial charge < -0.3 is 10.2 Å². The molecule has 0 aromatic heterocycles. The fourth-order valence-corrected chi connectivity index (χ4v) is 1.97. The molecular formula is C12H17Cl2N2O+. The number of benzene rings is 1. The average molecular weight is 276 g/mol. The monoisotopic (exact) mass is 275 g/mol. The van der Waals surface area contributed by atoms with E-state index in [0.29, 0.717) is 16.6 Å². The molecule has 1 aromatic carbocycles. The number of nitrogens with one attached hydrogen (secondary N) is 2. The molecule has 2 N–H and O–H groups in total. The molecular weight excluding hydrogens is 259 g/mol. The molecule has 0 saturated carbocycles. The van der Waals surface area contributed by atoms with E-state index in [9.17, 15) is 4.79 Å². The molecule has 3 nitrogen and oxygen atoms in total. The third-order valence-electron chi connectivity index (χ3n) is 2.88. The number of carbonyl (C=O) groups is 1. The van der Waals surface area contributed by atoms with Gasteiger partial charge in [-0.15, -0.1) is 0 Å². The van der Waals surface area contributed by atoms with Crippen LogP contribution in [0, 0.1) is 0 Å². The van der Waals surface area contributed by atoms with Crippen LogP contribution in [0.15, 0.2) is 18.2 Å². The highest BCUT2D eigenvalue weighted by molar-refractivity contribution is 6.42. The van der Waals surface area contributed by atoms with Gasteiger partial charge in [-0.2, -0.15) is 0 Å². The molecule has 0 bridgehead atoms. The van der Waals surface area contributed by atoms with Crippen molar-refractivity contribution >= 4 is 29.1 Å². The predicted octanol–water partition coefficient (Wildman–Crippen LogP) is 1.14. The third-order valence-corrected chi connectivity index (χ3v) is 3.74. The smallest absolute Gasteiger partial charge is 0.277 e. The SMILES string of the molecule is CNC(=O)[C@H](C)[NH+](C)Cc1cccc(Cl)c1Cl. The van der Waals surface area contributed by atoms with Crippen molar-refractivity contribution < 1.29 is 9.69 Å². The van der Waals surface area contributed by atoms with Gasteiger partial charge in [0, 0.05) is 12.6 Å². The molecule has 0 heterocycles. The number of rotatable bonds is 4. The molecule has 0 spiro atoms. The number of likely N-dealkylation sites (N-methyl/N-ethyl adjacent to an activating group) is 2. The van der Waals surface area contributed by atoms with Gasteiger partial charge in [0.05, 0.1) is 17.1 Å². The maximum Gasteiger partial charge on any atom is 0.277 e. The summed E-state index contributed by atoms with van der Waals surface area (Å²) in [6, 6.07) is 5.41. The van der Waals surface area contributed by atoms with Crippen LogP contribution in [-0.2, 0) is 11.3 Å². The van der Waals surface area contributed by atoms with E-state index in [1.165, 1.54) is 0 Å². The molecule has 2 atom stereocenters. The molecule has 0 fully saturated rings. The molecule has 1 unspecified atom stereocenters. The van der Waals surface area contributed by atoms with Crippen LogP contribution in [-0.4, -0.2) is 26.0 Å². The third kappa shape index (κ3) is 3.60.